The number of para-hydroxylation sites is 1. The molecule has 6 aromatic carbocycles. The maximum Gasteiger partial charge on any atom is 0.207 e. The third-order valence-electron chi connectivity index (χ3n) is 24.8. The van der Waals surface area contributed by atoms with Gasteiger partial charge >= 0.3 is 0 Å². The number of rotatable bonds is 19. The number of halogens is 4. The summed E-state index contributed by atoms with van der Waals surface area (Å²) in [5.74, 6) is 7.33. The van der Waals surface area contributed by atoms with Gasteiger partial charge in [-0.25, -0.2) is 33.7 Å². The van der Waals surface area contributed by atoms with Crippen LogP contribution < -0.4 is 36.1 Å². The van der Waals surface area contributed by atoms with Gasteiger partial charge in [-0.1, -0.05) is 264 Å². The van der Waals surface area contributed by atoms with Crippen LogP contribution in [0, 0.1) is 22.7 Å². The molecule has 5 saturated carbocycles. The largest absolute Gasteiger partial charge is 0.479 e. The molecule has 10 heterocycles. The number of nitriles is 2. The Balaban J connectivity index is 0.000000113. The molecule has 0 aliphatic heterocycles. The van der Waals surface area contributed by atoms with Crippen molar-refractivity contribution in [2.75, 3.05) is 33.2 Å². The van der Waals surface area contributed by atoms with Gasteiger partial charge in [0.15, 0.2) is 0 Å². The summed E-state index contributed by atoms with van der Waals surface area (Å²) in [6.45, 7) is 2.61. The molecule has 5 aliphatic carbocycles. The Labute approximate surface area is 768 Å². The molecule has 652 valence electrons. The number of fused-ring (bicyclic) bond motifs is 5. The lowest BCUT2D eigenvalue weighted by atomic mass is 9.95. The number of ether oxygens (including phenoxy) is 2. The van der Waals surface area contributed by atoms with E-state index < -0.39 is 0 Å². The zero-order chi connectivity index (χ0) is 87.5. The molecule has 16 aromatic rings. The van der Waals surface area contributed by atoms with E-state index in [1.54, 1.807) is 0 Å². The minimum absolute atomic E-state index is 0.421. The highest BCUT2D eigenvalue weighted by Gasteiger charge is 2.29. The number of aromatic nitrogens is 10. The van der Waals surface area contributed by atoms with E-state index in [2.05, 4.69) is 66.9 Å². The van der Waals surface area contributed by atoms with Crippen molar-refractivity contribution in [3.63, 3.8) is 0 Å². The van der Waals surface area contributed by atoms with Crippen molar-refractivity contribution in [3.05, 3.63) is 286 Å². The van der Waals surface area contributed by atoms with Crippen molar-refractivity contribution in [2.24, 2.45) is 0 Å². The Morgan fingerprint density at radius 1 is 0.320 bits per heavy atom. The average molecular weight is 1780 g/mol. The number of nitrogens with one attached hydrogen (secondary N) is 5. The molecule has 10 aromatic heterocycles. The summed E-state index contributed by atoms with van der Waals surface area (Å²) < 4.78 is 22.6. The molecule has 23 heteroatoms. The van der Waals surface area contributed by atoms with Gasteiger partial charge in [-0.15, -0.1) is 0 Å². The minimum Gasteiger partial charge on any atom is -0.479 e. The monoisotopic (exact) mass is 1780 g/mol. The SMILES string of the molecule is CCOc1cccc2nc(-c3ccccc3Cl)c(NC3CCCCC3)n12.Clc1ccccc1-c1nc2cccc(Oc3ccccc3)n2c1NC1CCCCC1.Clc1ccn2c(NC3CCCCC3)c(-c3ccccc3Cl)nc2c1.N#Cc1ccc(-c2nc3ccccn3c2NC2CCCCC2)cc1.N#Cc1cccc(-c2nc3ccccn3c2NC2CCCCC2)c1. The standard InChI is InChI=1S/C25H24ClN3O.C21H24ClN3O.2C20H20N4.C19H19Cl2N3/c26-21-15-8-7-14-20(21)24-25(27-18-10-3-1-4-11-18)29-22(28-24)16-9-17-23(29)30-19-12-5-2-6-13-19;1-2-26-19-14-8-13-18-24-20(16-11-6-7-12-17(16)22)21(25(18)19)23-15-9-4-3-5-10-15;21-14-15-7-6-8-16(13-15)19-20(22-17-9-2-1-3-10-17)24-12-5-4-11-18(24)23-19;21-14-15-9-11-16(12-10-15)19-20(22-17-6-2-1-3-7-17)24-13-5-4-8-18(24)23-19;20-13-10-11-24-17(12-13)23-18(15-8-4-5-9-16(15)21)19(24)22-14-6-2-1-3-7-14/h2,5-9,12-18,27H,1,3-4,10-11H2;6-8,11-15,23H,2-5,9-10H2,1H3;4-8,11-13,17,22H,1-3,9-10H2;4-5,8-13,17,22H,1-3,6-7H2;4-5,8-12,14,22H,1-3,6-7H2. The van der Waals surface area contributed by atoms with Crippen molar-refractivity contribution in [2.45, 2.75) is 198 Å². The molecule has 128 heavy (non-hydrogen) atoms. The minimum atomic E-state index is 0.421. The summed E-state index contributed by atoms with van der Waals surface area (Å²) in [5, 5.41) is 39.7. The lowest BCUT2D eigenvalue weighted by molar-refractivity contribution is 0.323. The molecule has 0 radical (unpaired) electrons. The van der Waals surface area contributed by atoms with Gasteiger partial charge < -0.3 is 36.1 Å². The van der Waals surface area contributed by atoms with E-state index in [0.29, 0.717) is 68.0 Å². The van der Waals surface area contributed by atoms with Gasteiger partial charge in [-0.2, -0.15) is 10.5 Å². The van der Waals surface area contributed by atoms with E-state index in [1.807, 2.05) is 256 Å². The summed E-state index contributed by atoms with van der Waals surface area (Å²) in [5.41, 5.74) is 15.0. The Morgan fingerprint density at radius 2 is 0.688 bits per heavy atom. The van der Waals surface area contributed by atoms with E-state index in [-0.39, 0.29) is 0 Å². The molecule has 0 atom stereocenters. The summed E-state index contributed by atoms with van der Waals surface area (Å²) in [7, 11) is 0. The zero-order valence-corrected chi connectivity index (χ0v) is 75.2. The van der Waals surface area contributed by atoms with Crippen LogP contribution in [-0.2, 0) is 0 Å². The van der Waals surface area contributed by atoms with Crippen LogP contribution >= 0.6 is 46.4 Å². The van der Waals surface area contributed by atoms with E-state index in [0.717, 1.165) is 144 Å². The van der Waals surface area contributed by atoms with Gasteiger partial charge in [-0.3, -0.25) is 13.2 Å². The fraction of sp³-hybridized carbons (Fsp3) is 0.305. The number of nitrogens with zero attached hydrogens (tertiary/aromatic N) is 12. The van der Waals surface area contributed by atoms with Crippen LogP contribution in [0.3, 0.4) is 0 Å². The topological polar surface area (TPSA) is 213 Å². The van der Waals surface area contributed by atoms with Gasteiger partial charge in [0.2, 0.25) is 11.8 Å². The number of benzene rings is 6. The molecule has 0 unspecified atom stereocenters. The third kappa shape index (κ3) is 20.9. The molecular formula is C105H107Cl4N17O2. The van der Waals surface area contributed by atoms with E-state index in [9.17, 15) is 5.26 Å². The van der Waals surface area contributed by atoms with E-state index in [1.165, 1.54) is 148 Å². The second-order valence-electron chi connectivity index (χ2n) is 33.7. The molecule has 0 saturated heterocycles. The quantitative estimate of drug-likeness (QED) is 0.0510. The predicted octanol–water partition coefficient (Wildman–Crippen LogP) is 28.3. The molecule has 5 fully saturated rings. The first-order chi connectivity index (χ1) is 63.0. The number of hydrogen-bond acceptors (Lipinski definition) is 14. The summed E-state index contributed by atoms with van der Waals surface area (Å²) in [6, 6.07) is 83.3. The van der Waals surface area contributed by atoms with Gasteiger partial charge in [0.1, 0.15) is 91.5 Å². The van der Waals surface area contributed by atoms with Crippen molar-refractivity contribution in [1.29, 1.82) is 10.5 Å². The van der Waals surface area contributed by atoms with Crippen LogP contribution in [0.5, 0.6) is 17.5 Å². The van der Waals surface area contributed by atoms with Crippen LogP contribution in [0.25, 0.3) is 84.5 Å². The number of anilines is 5. The van der Waals surface area contributed by atoms with Crippen LogP contribution in [0.15, 0.2) is 255 Å². The first-order valence-corrected chi connectivity index (χ1v) is 47.1. The van der Waals surface area contributed by atoms with Crippen LogP contribution in [-0.4, -0.2) is 83.7 Å². The zero-order valence-electron chi connectivity index (χ0n) is 72.2. The molecule has 0 bridgehead atoms. The third-order valence-corrected chi connectivity index (χ3v) is 26.0. The second-order valence-corrected chi connectivity index (χ2v) is 35.3. The fourth-order valence-corrected chi connectivity index (χ4v) is 19.2. The highest BCUT2D eigenvalue weighted by Crippen LogP contribution is 2.43. The van der Waals surface area contributed by atoms with Gasteiger partial charge in [0, 0.05) is 87.7 Å². The van der Waals surface area contributed by atoms with E-state index in [4.69, 9.17) is 86.1 Å². The number of imidazole rings is 5. The maximum atomic E-state index is 9.19. The summed E-state index contributed by atoms with van der Waals surface area (Å²) in [4.78, 5) is 24.3. The van der Waals surface area contributed by atoms with Gasteiger partial charge in [0.05, 0.1) is 44.9 Å². The molecule has 21 rings (SSSR count). The summed E-state index contributed by atoms with van der Waals surface area (Å²) >= 11 is 25.6. The first-order valence-electron chi connectivity index (χ1n) is 45.6. The lowest BCUT2D eigenvalue weighted by Gasteiger charge is -2.24. The van der Waals surface area contributed by atoms with Crippen molar-refractivity contribution < 1.29 is 9.47 Å². The van der Waals surface area contributed by atoms with Crippen LogP contribution in [0.2, 0.25) is 20.1 Å². The molecule has 19 nitrogen and oxygen atoms in total. The highest BCUT2D eigenvalue weighted by molar-refractivity contribution is 6.34. The second kappa shape index (κ2) is 42.4. The molecule has 0 amide bonds. The van der Waals surface area contributed by atoms with Gasteiger partial charge in [-0.05, 0) is 180 Å². The molecular weight excluding hydrogens is 1670 g/mol. The molecule has 0 spiro atoms. The van der Waals surface area contributed by atoms with Crippen LogP contribution in [0.4, 0.5) is 29.1 Å². The average Bonchev–Trinajstić information content (AvgIpc) is 1.60. The predicted molar refractivity (Wildman–Crippen MR) is 523 cm³/mol. The normalized spacial score (nSPS) is 15.2. The Bertz CT molecular complexity index is 6510. The summed E-state index contributed by atoms with van der Waals surface area (Å²) in [6.07, 6.45) is 37.4. The maximum absolute atomic E-state index is 9.19. The van der Waals surface area contributed by atoms with Crippen molar-refractivity contribution in [3.8, 4) is 85.9 Å². The van der Waals surface area contributed by atoms with Crippen molar-refractivity contribution >= 4 is 104 Å². The van der Waals surface area contributed by atoms with Crippen molar-refractivity contribution in [1.82, 2.24) is 46.9 Å². The Morgan fingerprint density at radius 3 is 1.14 bits per heavy atom. The smallest absolute Gasteiger partial charge is 0.207 e. The number of pyridine rings is 5. The molecule has 5 N–H and O–H groups in total. The number of hydrogen-bond donors (Lipinski definition) is 5. The Kier molecular flexibility index (Phi) is 29.0. The van der Waals surface area contributed by atoms with Crippen LogP contribution in [0.1, 0.15) is 179 Å². The first kappa shape index (κ1) is 87.6. The fourth-order valence-electron chi connectivity index (χ4n) is 18.3. The lowest BCUT2D eigenvalue weighted by Crippen LogP contribution is -2.23. The van der Waals surface area contributed by atoms with Gasteiger partial charge in [0.25, 0.3) is 0 Å². The Hall–Kier alpha value is -12.5. The van der Waals surface area contributed by atoms with E-state index >= 15 is 0 Å². The molecule has 5 aliphatic rings. The highest BCUT2D eigenvalue weighted by atomic mass is 35.5.